The first-order chi connectivity index (χ1) is 29.2. The number of rotatable bonds is 3. The zero-order chi connectivity index (χ0) is 38.4. The third-order valence-corrected chi connectivity index (χ3v) is 15.6. The molecule has 0 aliphatic heterocycles. The lowest BCUT2D eigenvalue weighted by Gasteiger charge is -2.61. The summed E-state index contributed by atoms with van der Waals surface area (Å²) in [6, 6.07) is 64.2. The highest BCUT2D eigenvalue weighted by atomic mass is 16.3. The van der Waals surface area contributed by atoms with E-state index in [0.29, 0.717) is 0 Å². The van der Waals surface area contributed by atoms with E-state index in [1.54, 1.807) is 11.1 Å². The van der Waals surface area contributed by atoms with Crippen LogP contribution in [0.5, 0.6) is 0 Å². The van der Waals surface area contributed by atoms with Crippen LogP contribution in [0.15, 0.2) is 174 Å². The lowest BCUT2D eigenvalue weighted by atomic mass is 9.43. The van der Waals surface area contributed by atoms with Gasteiger partial charge in [0.1, 0.15) is 11.2 Å². The van der Waals surface area contributed by atoms with Crippen molar-refractivity contribution in [1.29, 1.82) is 0 Å². The minimum atomic E-state index is 0.133. The molecule has 5 aliphatic carbocycles. The third kappa shape index (κ3) is 4.35. The van der Waals surface area contributed by atoms with Gasteiger partial charge in [0, 0.05) is 16.2 Å². The van der Waals surface area contributed by atoms with Gasteiger partial charge >= 0.3 is 0 Å². The molecular formula is C58H42O. The molecule has 0 saturated heterocycles. The van der Waals surface area contributed by atoms with Crippen LogP contribution in [0.2, 0.25) is 0 Å². The molecule has 0 N–H and O–H groups in total. The van der Waals surface area contributed by atoms with Crippen molar-refractivity contribution in [3.63, 3.8) is 0 Å². The highest BCUT2D eigenvalue weighted by Gasteiger charge is 2.62. The highest BCUT2D eigenvalue weighted by molar-refractivity contribution is 6.22. The summed E-state index contributed by atoms with van der Waals surface area (Å²) in [5, 5.41) is 10.3. The van der Waals surface area contributed by atoms with Crippen molar-refractivity contribution in [2.75, 3.05) is 0 Å². The Morgan fingerprint density at radius 2 is 0.932 bits per heavy atom. The molecule has 1 heterocycles. The minimum absolute atomic E-state index is 0.133. The van der Waals surface area contributed by atoms with Crippen LogP contribution in [0, 0.1) is 23.7 Å². The van der Waals surface area contributed by atoms with Crippen molar-refractivity contribution >= 4 is 54.3 Å². The number of hydrogen-bond acceptors (Lipinski definition) is 1. The van der Waals surface area contributed by atoms with Crippen molar-refractivity contribution in [3.8, 4) is 44.5 Å². The average Bonchev–Trinajstić information content (AvgIpc) is 3.80. The first-order valence-electron chi connectivity index (χ1n) is 21.8. The molecule has 9 aromatic carbocycles. The third-order valence-electron chi connectivity index (χ3n) is 15.6. The first kappa shape index (κ1) is 32.5. The summed E-state index contributed by atoms with van der Waals surface area (Å²) >= 11 is 0. The molecule has 0 atom stereocenters. The lowest BCUT2D eigenvalue weighted by Crippen LogP contribution is -2.55. The lowest BCUT2D eigenvalue weighted by molar-refractivity contribution is -0.0393. The van der Waals surface area contributed by atoms with Gasteiger partial charge in [-0.05, 0) is 174 Å². The molecule has 15 rings (SSSR count). The molecule has 59 heavy (non-hydrogen) atoms. The predicted octanol–water partition coefficient (Wildman–Crippen LogP) is 15.8. The molecule has 1 spiro atoms. The summed E-state index contributed by atoms with van der Waals surface area (Å²) in [5.74, 6) is 3.33. The molecule has 1 nitrogen and oxygen atoms in total. The van der Waals surface area contributed by atoms with E-state index in [0.717, 1.165) is 45.6 Å². The fraction of sp³-hybridized carbons (Fsp3) is 0.172. The molecule has 5 aliphatic rings. The molecule has 0 amide bonds. The molecular weight excluding hydrogens is 713 g/mol. The van der Waals surface area contributed by atoms with Crippen LogP contribution in [0.25, 0.3) is 98.8 Å². The van der Waals surface area contributed by atoms with E-state index in [-0.39, 0.29) is 5.41 Å². The molecule has 280 valence electrons. The SMILES string of the molecule is c1cc(-c2ccc3c(c2)-c2ccc4ccccc4c2C32C3CC4CC(C3)CC2C4)cc(-c2c3ccccc3c(-c3ccc4oc5ccccc5c4c3)c3ccccc23)c1. The molecule has 0 radical (unpaired) electrons. The van der Waals surface area contributed by atoms with E-state index in [4.69, 9.17) is 4.42 Å². The van der Waals surface area contributed by atoms with Gasteiger partial charge in [0.15, 0.2) is 0 Å². The Labute approximate surface area is 343 Å². The Bertz CT molecular complexity index is 3330. The van der Waals surface area contributed by atoms with E-state index >= 15 is 0 Å². The Balaban J connectivity index is 0.950. The zero-order valence-corrected chi connectivity index (χ0v) is 32.9. The highest BCUT2D eigenvalue weighted by Crippen LogP contribution is 2.70. The van der Waals surface area contributed by atoms with Crippen molar-refractivity contribution in [2.45, 2.75) is 37.5 Å². The molecule has 10 aromatic rings. The van der Waals surface area contributed by atoms with Gasteiger partial charge in [-0.25, -0.2) is 0 Å². The van der Waals surface area contributed by atoms with Crippen molar-refractivity contribution in [2.24, 2.45) is 23.7 Å². The second kappa shape index (κ2) is 11.8. The van der Waals surface area contributed by atoms with Crippen LogP contribution in [0.1, 0.15) is 43.2 Å². The van der Waals surface area contributed by atoms with E-state index in [2.05, 4.69) is 164 Å². The maximum atomic E-state index is 6.25. The van der Waals surface area contributed by atoms with Gasteiger partial charge in [0.25, 0.3) is 0 Å². The molecule has 4 bridgehead atoms. The quantitative estimate of drug-likeness (QED) is 0.164. The Morgan fingerprint density at radius 1 is 0.373 bits per heavy atom. The number of para-hydroxylation sites is 1. The minimum Gasteiger partial charge on any atom is -0.456 e. The van der Waals surface area contributed by atoms with Gasteiger partial charge in [0.05, 0.1) is 0 Å². The second-order valence-electron chi connectivity index (χ2n) is 18.4. The standard InChI is InChI=1S/C58H42O/c1-2-13-43-36(10-1)20-23-49-50-32-38(21-24-52(50)58(57(43)49)41-27-34-26-35(29-41)30-42(58)28-34)37-11-9-12-39(31-37)55-45-15-3-5-17-47(45)56(48-18-6-4-16-46(48)55)40-22-25-54-51(33-40)44-14-7-8-19-53(44)59-54/h1-25,31-35,41-42H,26-30H2. The van der Waals surface area contributed by atoms with Crippen LogP contribution >= 0.6 is 0 Å². The molecule has 1 aromatic heterocycles. The second-order valence-corrected chi connectivity index (χ2v) is 18.4. The summed E-state index contributed by atoms with van der Waals surface area (Å²) in [6.07, 6.45) is 7.06. The fourth-order valence-electron chi connectivity index (χ4n) is 13.6. The molecule has 0 unspecified atom stereocenters. The van der Waals surface area contributed by atoms with Crippen molar-refractivity contribution < 1.29 is 4.42 Å². The maximum absolute atomic E-state index is 6.25. The van der Waals surface area contributed by atoms with Gasteiger partial charge in [-0.1, -0.05) is 140 Å². The fourth-order valence-corrected chi connectivity index (χ4v) is 13.6. The summed E-state index contributed by atoms with van der Waals surface area (Å²) < 4.78 is 6.25. The molecule has 4 saturated carbocycles. The molecule has 1 heteroatoms. The van der Waals surface area contributed by atoms with E-state index < -0.39 is 0 Å². The zero-order valence-electron chi connectivity index (χ0n) is 32.9. The van der Waals surface area contributed by atoms with Crippen molar-refractivity contribution in [3.05, 3.63) is 181 Å². The maximum Gasteiger partial charge on any atom is 0.135 e. The predicted molar refractivity (Wildman–Crippen MR) is 246 cm³/mol. The monoisotopic (exact) mass is 754 g/mol. The summed E-state index contributed by atoms with van der Waals surface area (Å²) in [6.45, 7) is 0. The largest absolute Gasteiger partial charge is 0.456 e. The topological polar surface area (TPSA) is 13.1 Å². The van der Waals surface area contributed by atoms with Crippen LogP contribution in [-0.4, -0.2) is 0 Å². The first-order valence-corrected chi connectivity index (χ1v) is 21.8. The van der Waals surface area contributed by atoms with E-state index in [1.165, 1.54) is 109 Å². The van der Waals surface area contributed by atoms with Gasteiger partial charge in [0.2, 0.25) is 0 Å². The summed E-state index contributed by atoms with van der Waals surface area (Å²) in [7, 11) is 0. The summed E-state index contributed by atoms with van der Waals surface area (Å²) in [5.41, 5.74) is 15.8. The van der Waals surface area contributed by atoms with Gasteiger partial charge in [-0.2, -0.15) is 0 Å². The van der Waals surface area contributed by atoms with Crippen LogP contribution in [0.3, 0.4) is 0 Å². The average molecular weight is 755 g/mol. The Hall–Kier alpha value is -6.44. The number of benzene rings is 9. The van der Waals surface area contributed by atoms with Gasteiger partial charge in [-0.3, -0.25) is 0 Å². The molecule has 4 fully saturated rings. The number of furan rings is 1. The van der Waals surface area contributed by atoms with Crippen LogP contribution in [-0.2, 0) is 5.41 Å². The van der Waals surface area contributed by atoms with E-state index in [9.17, 15) is 0 Å². The van der Waals surface area contributed by atoms with E-state index in [1.807, 2.05) is 6.07 Å². The van der Waals surface area contributed by atoms with Gasteiger partial charge < -0.3 is 4.42 Å². The number of fused-ring (bicyclic) bond motifs is 10. The normalized spacial score (nSPS) is 22.6. The van der Waals surface area contributed by atoms with Crippen LogP contribution < -0.4 is 0 Å². The Morgan fingerprint density at radius 3 is 1.64 bits per heavy atom. The Kier molecular flexibility index (Phi) is 6.52. The van der Waals surface area contributed by atoms with Crippen LogP contribution in [0.4, 0.5) is 0 Å². The number of hydrogen-bond donors (Lipinski definition) is 0. The van der Waals surface area contributed by atoms with Crippen molar-refractivity contribution in [1.82, 2.24) is 0 Å². The summed E-state index contributed by atoms with van der Waals surface area (Å²) in [4.78, 5) is 0. The van der Waals surface area contributed by atoms with Gasteiger partial charge in [-0.15, -0.1) is 0 Å². The smallest absolute Gasteiger partial charge is 0.135 e.